The van der Waals surface area contributed by atoms with Gasteiger partial charge in [0.25, 0.3) is 10.0 Å². The van der Waals surface area contributed by atoms with Crippen LogP contribution in [0.2, 0.25) is 10.0 Å². The van der Waals surface area contributed by atoms with E-state index < -0.39 is 22.5 Å². The molecule has 1 N–H and O–H groups in total. The zero-order valence-corrected chi connectivity index (χ0v) is 17.8. The van der Waals surface area contributed by atoms with Crippen LogP contribution in [0, 0.1) is 6.92 Å². The molecular weight excluding hydrogens is 431 g/mol. The van der Waals surface area contributed by atoms with Crippen molar-refractivity contribution in [3.8, 4) is 0 Å². The van der Waals surface area contributed by atoms with Crippen LogP contribution in [0.25, 0.3) is 0 Å². The van der Waals surface area contributed by atoms with Gasteiger partial charge in [-0.25, -0.2) is 8.42 Å². The number of hydrogen-bond donors (Lipinski definition) is 1. The molecule has 29 heavy (non-hydrogen) atoms. The highest BCUT2D eigenvalue weighted by atomic mass is 35.5. The molecule has 0 fully saturated rings. The normalized spacial score (nSPS) is 11.1. The highest BCUT2D eigenvalue weighted by Gasteiger charge is 2.28. The van der Waals surface area contributed by atoms with Crippen molar-refractivity contribution >= 4 is 50.5 Å². The second-order valence-electron chi connectivity index (χ2n) is 6.24. The molecule has 5 nitrogen and oxygen atoms in total. The minimum atomic E-state index is -4.01. The standard InChI is InChI=1S/C21H18Cl2N2O3S/c1-15-17(22)11-7-13-20(15)25(29(27,28)16-8-3-2-4-9-16)14-21(26)24-19-12-6-5-10-18(19)23/h2-13H,14H2,1H3,(H,24,26). The number of carbonyl (C=O) groups excluding carboxylic acids is 1. The second-order valence-corrected chi connectivity index (χ2v) is 8.91. The average molecular weight is 449 g/mol. The Bertz CT molecular complexity index is 1140. The second kappa shape index (κ2) is 8.86. The van der Waals surface area contributed by atoms with E-state index in [1.165, 1.54) is 12.1 Å². The van der Waals surface area contributed by atoms with Crippen molar-refractivity contribution in [1.29, 1.82) is 0 Å². The van der Waals surface area contributed by atoms with E-state index in [4.69, 9.17) is 23.2 Å². The van der Waals surface area contributed by atoms with Crippen molar-refractivity contribution in [3.63, 3.8) is 0 Å². The molecule has 3 aromatic carbocycles. The van der Waals surface area contributed by atoms with Crippen LogP contribution in [0.4, 0.5) is 11.4 Å². The summed E-state index contributed by atoms with van der Waals surface area (Å²) in [5.74, 6) is -0.531. The van der Waals surface area contributed by atoms with Crippen LogP contribution in [0.15, 0.2) is 77.7 Å². The molecular formula is C21H18Cl2N2O3S. The van der Waals surface area contributed by atoms with Gasteiger partial charge in [-0.3, -0.25) is 9.10 Å². The number of carbonyl (C=O) groups is 1. The lowest BCUT2D eigenvalue weighted by Gasteiger charge is -2.26. The molecule has 150 valence electrons. The zero-order chi connectivity index (χ0) is 21.0. The number of hydrogen-bond acceptors (Lipinski definition) is 3. The van der Waals surface area contributed by atoms with E-state index in [1.54, 1.807) is 67.6 Å². The summed E-state index contributed by atoms with van der Waals surface area (Å²) in [5.41, 5.74) is 1.29. The number of nitrogens with one attached hydrogen (secondary N) is 1. The molecule has 0 saturated carbocycles. The van der Waals surface area contributed by atoms with E-state index in [-0.39, 0.29) is 4.90 Å². The van der Waals surface area contributed by atoms with Gasteiger partial charge in [-0.2, -0.15) is 0 Å². The number of amides is 1. The lowest BCUT2D eigenvalue weighted by molar-refractivity contribution is -0.114. The van der Waals surface area contributed by atoms with Crippen LogP contribution < -0.4 is 9.62 Å². The van der Waals surface area contributed by atoms with E-state index in [9.17, 15) is 13.2 Å². The SMILES string of the molecule is Cc1c(Cl)cccc1N(CC(=O)Nc1ccccc1Cl)S(=O)(=O)c1ccccc1. The summed E-state index contributed by atoms with van der Waals surface area (Å²) in [6.07, 6.45) is 0. The number of sulfonamides is 1. The Balaban J connectivity index is 2.01. The Morgan fingerprint density at radius 3 is 2.21 bits per heavy atom. The van der Waals surface area contributed by atoms with Crippen molar-refractivity contribution in [2.45, 2.75) is 11.8 Å². The van der Waals surface area contributed by atoms with Gasteiger partial charge in [0.1, 0.15) is 6.54 Å². The molecule has 3 aromatic rings. The summed E-state index contributed by atoms with van der Waals surface area (Å²) < 4.78 is 27.7. The first kappa shape index (κ1) is 21.2. The van der Waals surface area contributed by atoms with Gasteiger partial charge < -0.3 is 5.32 Å². The Kier molecular flexibility index (Phi) is 6.47. The van der Waals surface area contributed by atoms with Gasteiger partial charge in [0.15, 0.2) is 0 Å². The van der Waals surface area contributed by atoms with Gasteiger partial charge in [0.2, 0.25) is 5.91 Å². The van der Waals surface area contributed by atoms with Gasteiger partial charge in [-0.15, -0.1) is 0 Å². The predicted octanol–water partition coefficient (Wildman–Crippen LogP) is 5.14. The van der Waals surface area contributed by atoms with Crippen LogP contribution in [0.1, 0.15) is 5.56 Å². The molecule has 0 aliphatic rings. The van der Waals surface area contributed by atoms with E-state index in [2.05, 4.69) is 5.32 Å². The van der Waals surface area contributed by atoms with Crippen LogP contribution in [-0.4, -0.2) is 20.9 Å². The molecule has 0 aliphatic carbocycles. The molecule has 0 atom stereocenters. The fourth-order valence-electron chi connectivity index (χ4n) is 2.77. The molecule has 0 aliphatic heterocycles. The largest absolute Gasteiger partial charge is 0.323 e. The zero-order valence-electron chi connectivity index (χ0n) is 15.5. The highest BCUT2D eigenvalue weighted by molar-refractivity contribution is 7.92. The third kappa shape index (κ3) is 4.72. The fourth-order valence-corrected chi connectivity index (χ4v) is 4.62. The molecule has 0 heterocycles. The van der Waals surface area contributed by atoms with Gasteiger partial charge in [0, 0.05) is 5.02 Å². The van der Waals surface area contributed by atoms with Gasteiger partial charge in [-0.05, 0) is 48.9 Å². The first-order valence-electron chi connectivity index (χ1n) is 8.68. The Morgan fingerprint density at radius 2 is 1.52 bits per heavy atom. The fraction of sp³-hybridized carbons (Fsp3) is 0.0952. The monoisotopic (exact) mass is 448 g/mol. The molecule has 0 spiro atoms. The van der Waals surface area contributed by atoms with Crippen molar-refractivity contribution in [3.05, 3.63) is 88.4 Å². The number of benzene rings is 3. The third-order valence-electron chi connectivity index (χ3n) is 4.27. The smallest absolute Gasteiger partial charge is 0.264 e. The number of para-hydroxylation sites is 1. The molecule has 0 bridgehead atoms. The first-order chi connectivity index (χ1) is 13.8. The average Bonchev–Trinajstić information content (AvgIpc) is 2.71. The summed E-state index contributed by atoms with van der Waals surface area (Å²) in [6.45, 7) is 1.26. The van der Waals surface area contributed by atoms with Gasteiger partial charge in [-0.1, -0.05) is 59.6 Å². The molecule has 1 amide bonds. The van der Waals surface area contributed by atoms with Gasteiger partial charge in [0.05, 0.1) is 21.3 Å². The predicted molar refractivity (Wildman–Crippen MR) is 117 cm³/mol. The number of nitrogens with zero attached hydrogens (tertiary/aromatic N) is 1. The summed E-state index contributed by atoms with van der Waals surface area (Å²) >= 11 is 12.3. The molecule has 0 aromatic heterocycles. The number of anilines is 2. The maximum absolute atomic E-state index is 13.3. The summed E-state index contributed by atoms with van der Waals surface area (Å²) in [4.78, 5) is 12.8. The highest BCUT2D eigenvalue weighted by Crippen LogP contribution is 2.31. The summed E-state index contributed by atoms with van der Waals surface area (Å²) in [7, 11) is -4.01. The van der Waals surface area contributed by atoms with Crippen LogP contribution >= 0.6 is 23.2 Å². The number of rotatable bonds is 6. The van der Waals surface area contributed by atoms with Crippen molar-refractivity contribution < 1.29 is 13.2 Å². The van der Waals surface area contributed by atoms with Crippen LogP contribution in [0.3, 0.4) is 0 Å². The molecule has 8 heteroatoms. The Morgan fingerprint density at radius 1 is 0.897 bits per heavy atom. The van der Waals surface area contributed by atoms with Crippen molar-refractivity contribution in [1.82, 2.24) is 0 Å². The lowest BCUT2D eigenvalue weighted by Crippen LogP contribution is -2.38. The molecule has 0 unspecified atom stereocenters. The van der Waals surface area contributed by atoms with E-state index in [0.717, 1.165) is 4.31 Å². The van der Waals surface area contributed by atoms with Gasteiger partial charge >= 0.3 is 0 Å². The molecule has 0 radical (unpaired) electrons. The van der Waals surface area contributed by atoms with Crippen LogP contribution in [0.5, 0.6) is 0 Å². The van der Waals surface area contributed by atoms with Crippen molar-refractivity contribution in [2.75, 3.05) is 16.2 Å². The topological polar surface area (TPSA) is 66.5 Å². The van der Waals surface area contributed by atoms with E-state index >= 15 is 0 Å². The lowest BCUT2D eigenvalue weighted by atomic mass is 10.2. The van der Waals surface area contributed by atoms with E-state index in [1.807, 2.05) is 0 Å². The Hall–Kier alpha value is -2.54. The minimum Gasteiger partial charge on any atom is -0.323 e. The molecule has 3 rings (SSSR count). The number of halogens is 2. The molecule has 0 saturated heterocycles. The quantitative estimate of drug-likeness (QED) is 0.567. The summed E-state index contributed by atoms with van der Waals surface area (Å²) in [6, 6.07) is 19.6. The Labute approximate surface area is 179 Å². The minimum absolute atomic E-state index is 0.0740. The first-order valence-corrected chi connectivity index (χ1v) is 10.9. The third-order valence-corrected chi connectivity index (χ3v) is 6.79. The summed E-state index contributed by atoms with van der Waals surface area (Å²) in [5, 5.41) is 3.42. The maximum Gasteiger partial charge on any atom is 0.264 e. The van der Waals surface area contributed by atoms with Crippen molar-refractivity contribution in [2.24, 2.45) is 0 Å². The maximum atomic E-state index is 13.3. The van der Waals surface area contributed by atoms with E-state index in [0.29, 0.717) is 27.0 Å². The van der Waals surface area contributed by atoms with Crippen LogP contribution in [-0.2, 0) is 14.8 Å².